The van der Waals surface area contributed by atoms with Crippen LogP contribution in [0, 0.1) is 5.92 Å². The second-order valence-corrected chi connectivity index (χ2v) is 3.98. The van der Waals surface area contributed by atoms with Crippen molar-refractivity contribution in [3.05, 3.63) is 0 Å². The molecule has 1 N–H and O–H groups in total. The molecule has 2 heterocycles. The molecule has 84 valence electrons. The Bertz CT molecular complexity index is 261. The number of nitrogens with one attached hydrogen (secondary N) is 1. The number of morpholine rings is 1. The summed E-state index contributed by atoms with van der Waals surface area (Å²) in [5.74, 6) is -0.00198. The Labute approximate surface area is 88.8 Å². The first kappa shape index (κ1) is 10.4. The molecule has 1 atom stereocenters. The molecule has 0 aliphatic carbocycles. The third-order valence-electron chi connectivity index (χ3n) is 2.92. The maximum absolute atomic E-state index is 12.0. The molecular formula is C10H16N2O3. The number of carbonyl (C=O) groups excluding carboxylic acids is 2. The molecule has 5 heteroatoms. The SMILES string of the molecule is O=C1CC(C(=O)N2CCOCC2)CCN1. The smallest absolute Gasteiger partial charge is 0.226 e. The Balaban J connectivity index is 1.90. The number of nitrogens with zero attached hydrogens (tertiary/aromatic N) is 1. The van der Waals surface area contributed by atoms with Gasteiger partial charge in [0.2, 0.25) is 11.8 Å². The average molecular weight is 212 g/mol. The molecule has 15 heavy (non-hydrogen) atoms. The Kier molecular flexibility index (Phi) is 3.20. The lowest BCUT2D eigenvalue weighted by Gasteiger charge is -2.31. The molecule has 2 saturated heterocycles. The predicted molar refractivity (Wildman–Crippen MR) is 53.1 cm³/mol. The summed E-state index contributed by atoms with van der Waals surface area (Å²) in [6.45, 7) is 3.18. The van der Waals surface area contributed by atoms with E-state index in [1.54, 1.807) is 0 Å². The zero-order valence-corrected chi connectivity index (χ0v) is 8.70. The van der Waals surface area contributed by atoms with Crippen molar-refractivity contribution in [2.24, 2.45) is 5.92 Å². The fourth-order valence-corrected chi connectivity index (χ4v) is 2.04. The van der Waals surface area contributed by atoms with Crippen molar-refractivity contribution >= 4 is 11.8 Å². The van der Waals surface area contributed by atoms with Gasteiger partial charge >= 0.3 is 0 Å². The van der Waals surface area contributed by atoms with E-state index in [1.807, 2.05) is 4.90 Å². The lowest BCUT2D eigenvalue weighted by Crippen LogP contribution is -2.47. The minimum Gasteiger partial charge on any atom is -0.378 e. The van der Waals surface area contributed by atoms with Crippen molar-refractivity contribution in [3.8, 4) is 0 Å². The van der Waals surface area contributed by atoms with Crippen molar-refractivity contribution in [1.29, 1.82) is 0 Å². The summed E-state index contributed by atoms with van der Waals surface area (Å²) in [6.07, 6.45) is 1.11. The first-order chi connectivity index (χ1) is 7.27. The first-order valence-electron chi connectivity index (χ1n) is 5.40. The van der Waals surface area contributed by atoms with Crippen molar-refractivity contribution in [1.82, 2.24) is 10.2 Å². The lowest BCUT2D eigenvalue weighted by atomic mass is 9.96. The number of rotatable bonds is 1. The van der Waals surface area contributed by atoms with E-state index in [1.165, 1.54) is 0 Å². The van der Waals surface area contributed by atoms with Crippen molar-refractivity contribution in [2.75, 3.05) is 32.8 Å². The van der Waals surface area contributed by atoms with E-state index in [4.69, 9.17) is 4.74 Å². The molecule has 0 aromatic heterocycles. The Morgan fingerprint density at radius 2 is 2.13 bits per heavy atom. The zero-order chi connectivity index (χ0) is 10.7. The third-order valence-corrected chi connectivity index (χ3v) is 2.92. The summed E-state index contributed by atoms with van der Waals surface area (Å²) in [5, 5.41) is 2.74. The molecule has 0 saturated carbocycles. The van der Waals surface area contributed by atoms with E-state index < -0.39 is 0 Å². The zero-order valence-electron chi connectivity index (χ0n) is 8.70. The molecule has 2 aliphatic heterocycles. The fourth-order valence-electron chi connectivity index (χ4n) is 2.04. The number of carbonyl (C=O) groups is 2. The van der Waals surface area contributed by atoms with Crippen LogP contribution in [0.5, 0.6) is 0 Å². The van der Waals surface area contributed by atoms with Gasteiger partial charge in [0, 0.05) is 32.0 Å². The summed E-state index contributed by atoms with van der Waals surface area (Å²) in [7, 11) is 0. The Morgan fingerprint density at radius 3 is 2.80 bits per heavy atom. The highest BCUT2D eigenvalue weighted by atomic mass is 16.5. The summed E-state index contributed by atoms with van der Waals surface area (Å²) >= 11 is 0. The second-order valence-electron chi connectivity index (χ2n) is 3.98. The predicted octanol–water partition coefficient (Wildman–Crippen LogP) is -0.629. The van der Waals surface area contributed by atoms with Crippen LogP contribution in [0.4, 0.5) is 0 Å². The standard InChI is InChI=1S/C10H16N2O3/c13-9-7-8(1-2-11-9)10(14)12-3-5-15-6-4-12/h8H,1-7H2,(H,11,13). The molecule has 2 fully saturated rings. The van der Waals surface area contributed by atoms with Crippen LogP contribution in [0.3, 0.4) is 0 Å². The molecule has 0 bridgehead atoms. The van der Waals surface area contributed by atoms with Gasteiger partial charge in [-0.05, 0) is 6.42 Å². The maximum atomic E-state index is 12.0. The minimum absolute atomic E-state index is 0.00661. The van der Waals surface area contributed by atoms with Crippen LogP contribution < -0.4 is 5.32 Å². The largest absolute Gasteiger partial charge is 0.378 e. The van der Waals surface area contributed by atoms with Gasteiger partial charge in [-0.15, -0.1) is 0 Å². The summed E-state index contributed by atoms with van der Waals surface area (Å²) < 4.78 is 5.19. The van der Waals surface area contributed by atoms with Crippen LogP contribution in [0.15, 0.2) is 0 Å². The van der Waals surface area contributed by atoms with Gasteiger partial charge in [-0.2, -0.15) is 0 Å². The molecule has 5 nitrogen and oxygen atoms in total. The van der Waals surface area contributed by atoms with E-state index in [2.05, 4.69) is 5.32 Å². The molecule has 1 unspecified atom stereocenters. The summed E-state index contributed by atoms with van der Waals surface area (Å²) in [4.78, 5) is 25.0. The van der Waals surface area contributed by atoms with Crippen LogP contribution in [0.25, 0.3) is 0 Å². The van der Waals surface area contributed by atoms with Crippen LogP contribution in [0.2, 0.25) is 0 Å². The van der Waals surface area contributed by atoms with E-state index >= 15 is 0 Å². The van der Waals surface area contributed by atoms with E-state index in [0.717, 1.165) is 6.42 Å². The normalized spacial score (nSPS) is 27.3. The minimum atomic E-state index is -0.114. The topological polar surface area (TPSA) is 58.6 Å². The quantitative estimate of drug-likeness (QED) is 0.629. The summed E-state index contributed by atoms with van der Waals surface area (Å²) in [6, 6.07) is 0. The highest BCUT2D eigenvalue weighted by Gasteiger charge is 2.29. The van der Waals surface area contributed by atoms with E-state index in [-0.39, 0.29) is 17.7 Å². The second kappa shape index (κ2) is 4.61. The van der Waals surface area contributed by atoms with Gasteiger partial charge in [0.15, 0.2) is 0 Å². The average Bonchev–Trinajstić information content (AvgIpc) is 2.29. The van der Waals surface area contributed by atoms with Gasteiger partial charge in [-0.3, -0.25) is 9.59 Å². The third kappa shape index (κ3) is 2.47. The highest BCUT2D eigenvalue weighted by molar-refractivity contribution is 5.86. The van der Waals surface area contributed by atoms with Gasteiger partial charge in [0.25, 0.3) is 0 Å². The molecule has 0 spiro atoms. The van der Waals surface area contributed by atoms with Gasteiger partial charge < -0.3 is 15.0 Å². The van der Waals surface area contributed by atoms with Gasteiger partial charge in [-0.25, -0.2) is 0 Å². The van der Waals surface area contributed by atoms with Crippen LogP contribution in [0.1, 0.15) is 12.8 Å². The number of hydrogen-bond acceptors (Lipinski definition) is 3. The van der Waals surface area contributed by atoms with Crippen molar-refractivity contribution in [2.45, 2.75) is 12.8 Å². The number of amides is 2. The van der Waals surface area contributed by atoms with Crippen LogP contribution in [-0.4, -0.2) is 49.6 Å². The van der Waals surface area contributed by atoms with Gasteiger partial charge in [0.1, 0.15) is 0 Å². The number of ether oxygens (including phenoxy) is 1. The highest BCUT2D eigenvalue weighted by Crippen LogP contribution is 2.16. The van der Waals surface area contributed by atoms with Gasteiger partial charge in [0.05, 0.1) is 13.2 Å². The monoisotopic (exact) mass is 212 g/mol. The first-order valence-corrected chi connectivity index (χ1v) is 5.40. The summed E-state index contributed by atoms with van der Waals surface area (Å²) in [5.41, 5.74) is 0. The van der Waals surface area contributed by atoms with E-state index in [9.17, 15) is 9.59 Å². The fraction of sp³-hybridized carbons (Fsp3) is 0.800. The molecule has 2 aliphatic rings. The molecule has 2 amide bonds. The molecule has 2 rings (SSSR count). The lowest BCUT2D eigenvalue weighted by molar-refractivity contribution is -0.143. The molecule has 0 radical (unpaired) electrons. The van der Waals surface area contributed by atoms with Gasteiger partial charge in [-0.1, -0.05) is 0 Å². The Hall–Kier alpha value is -1.10. The van der Waals surface area contributed by atoms with E-state index in [0.29, 0.717) is 39.3 Å². The van der Waals surface area contributed by atoms with Crippen molar-refractivity contribution in [3.63, 3.8) is 0 Å². The molecular weight excluding hydrogens is 196 g/mol. The van der Waals surface area contributed by atoms with Crippen LogP contribution >= 0.6 is 0 Å². The molecule has 0 aromatic carbocycles. The number of hydrogen-bond donors (Lipinski definition) is 1. The Morgan fingerprint density at radius 1 is 1.40 bits per heavy atom. The molecule has 0 aromatic rings. The number of piperidine rings is 1. The van der Waals surface area contributed by atoms with Crippen molar-refractivity contribution < 1.29 is 14.3 Å². The maximum Gasteiger partial charge on any atom is 0.226 e. The van der Waals surface area contributed by atoms with Crippen LogP contribution in [-0.2, 0) is 14.3 Å².